The molecular formula is C9H8BrF2NO. The van der Waals surface area contributed by atoms with E-state index in [9.17, 15) is 13.9 Å². The van der Waals surface area contributed by atoms with Gasteiger partial charge in [-0.2, -0.15) is 4.39 Å². The van der Waals surface area contributed by atoms with Gasteiger partial charge in [0.15, 0.2) is 11.6 Å². The summed E-state index contributed by atoms with van der Waals surface area (Å²) in [5, 5.41) is 12.4. The predicted molar refractivity (Wildman–Crippen MR) is 51.1 cm³/mol. The fraction of sp³-hybridized carbons (Fsp3) is 0.333. The number of phenols is 1. The summed E-state index contributed by atoms with van der Waals surface area (Å²) in [5.41, 5.74) is 0.398. The largest absolute Gasteiger partial charge is 0.504 e. The van der Waals surface area contributed by atoms with Gasteiger partial charge in [-0.25, -0.2) is 4.39 Å². The van der Waals surface area contributed by atoms with Crippen molar-refractivity contribution in [3.8, 4) is 5.75 Å². The highest BCUT2D eigenvalue weighted by atomic mass is 79.9. The molecule has 2 N–H and O–H groups in total. The van der Waals surface area contributed by atoms with Crippen molar-refractivity contribution in [2.75, 3.05) is 6.54 Å². The van der Waals surface area contributed by atoms with Gasteiger partial charge in [-0.15, -0.1) is 0 Å². The zero-order valence-electron chi connectivity index (χ0n) is 7.15. The van der Waals surface area contributed by atoms with E-state index in [1.54, 1.807) is 0 Å². The first-order valence-corrected chi connectivity index (χ1v) is 5.00. The van der Waals surface area contributed by atoms with Gasteiger partial charge < -0.3 is 10.4 Å². The first kappa shape index (κ1) is 9.86. The van der Waals surface area contributed by atoms with Crippen LogP contribution in [0.3, 0.4) is 0 Å². The van der Waals surface area contributed by atoms with E-state index in [4.69, 9.17) is 0 Å². The average Bonchev–Trinajstić information content (AvgIpc) is 2.05. The van der Waals surface area contributed by atoms with Crippen LogP contribution < -0.4 is 5.32 Å². The zero-order chi connectivity index (χ0) is 10.3. The molecule has 14 heavy (non-hydrogen) atoms. The molecule has 1 fully saturated rings. The van der Waals surface area contributed by atoms with Crippen LogP contribution in [0.2, 0.25) is 0 Å². The van der Waals surface area contributed by atoms with Gasteiger partial charge in [-0.1, -0.05) is 15.9 Å². The maximum Gasteiger partial charge on any atom is 0.200 e. The summed E-state index contributed by atoms with van der Waals surface area (Å²) >= 11 is 3.10. The highest BCUT2D eigenvalue weighted by Gasteiger charge is 2.27. The molecule has 1 aliphatic heterocycles. The van der Waals surface area contributed by atoms with Crippen LogP contribution in [0.15, 0.2) is 10.5 Å². The van der Waals surface area contributed by atoms with Crippen LogP contribution in [0.4, 0.5) is 8.78 Å². The quantitative estimate of drug-likeness (QED) is 0.764. The first-order valence-electron chi connectivity index (χ1n) is 4.21. The molecule has 0 saturated carbocycles. The van der Waals surface area contributed by atoms with Crippen molar-refractivity contribution in [2.24, 2.45) is 0 Å². The molecule has 0 aliphatic carbocycles. The Morgan fingerprint density at radius 1 is 1.50 bits per heavy atom. The van der Waals surface area contributed by atoms with Crippen LogP contribution in [0, 0.1) is 11.6 Å². The minimum absolute atomic E-state index is 0.0838. The number of nitrogens with one attached hydrogen (secondary N) is 1. The van der Waals surface area contributed by atoms with Crippen molar-refractivity contribution in [3.63, 3.8) is 0 Å². The van der Waals surface area contributed by atoms with E-state index in [1.165, 1.54) is 0 Å². The van der Waals surface area contributed by atoms with E-state index in [0.717, 1.165) is 19.0 Å². The number of rotatable bonds is 1. The van der Waals surface area contributed by atoms with Gasteiger partial charge in [-0.3, -0.25) is 0 Å². The van der Waals surface area contributed by atoms with Crippen molar-refractivity contribution in [1.29, 1.82) is 0 Å². The number of hydrogen-bond acceptors (Lipinski definition) is 2. The fourth-order valence-electron chi connectivity index (χ4n) is 1.46. The minimum atomic E-state index is -1.18. The van der Waals surface area contributed by atoms with Gasteiger partial charge in [-0.05, 0) is 19.0 Å². The Kier molecular flexibility index (Phi) is 2.45. The standard InChI is InChI=1S/C9H8BrF2NO/c10-4-3-5(11)8(12)9(14)7(4)6-1-2-13-6/h3,6,13-14H,1-2H2. The third-order valence-electron chi connectivity index (χ3n) is 2.36. The van der Waals surface area contributed by atoms with Gasteiger partial charge in [0, 0.05) is 16.1 Å². The van der Waals surface area contributed by atoms with E-state index in [-0.39, 0.29) is 6.04 Å². The second-order valence-corrected chi connectivity index (χ2v) is 4.07. The van der Waals surface area contributed by atoms with E-state index in [2.05, 4.69) is 21.2 Å². The molecule has 1 unspecified atom stereocenters. The molecular weight excluding hydrogens is 256 g/mol. The van der Waals surface area contributed by atoms with Gasteiger partial charge >= 0.3 is 0 Å². The Bertz CT molecular complexity index is 380. The summed E-state index contributed by atoms with van der Waals surface area (Å²) in [6, 6.07) is 0.948. The second kappa shape index (κ2) is 3.47. The monoisotopic (exact) mass is 263 g/mol. The lowest BCUT2D eigenvalue weighted by Crippen LogP contribution is -2.35. The maximum absolute atomic E-state index is 13.0. The van der Waals surface area contributed by atoms with Crippen LogP contribution >= 0.6 is 15.9 Å². The van der Waals surface area contributed by atoms with Crippen molar-refractivity contribution in [1.82, 2.24) is 5.32 Å². The molecule has 1 aliphatic rings. The van der Waals surface area contributed by atoms with Crippen molar-refractivity contribution < 1.29 is 13.9 Å². The van der Waals surface area contributed by atoms with Crippen LogP contribution in [-0.2, 0) is 0 Å². The molecule has 0 aromatic heterocycles. The Labute approximate surface area is 88.1 Å². The van der Waals surface area contributed by atoms with Gasteiger partial charge in [0.2, 0.25) is 5.82 Å². The highest BCUT2D eigenvalue weighted by Crippen LogP contribution is 2.38. The number of halogens is 3. The molecule has 1 aromatic rings. The summed E-state index contributed by atoms with van der Waals surface area (Å²) in [7, 11) is 0. The molecule has 0 spiro atoms. The van der Waals surface area contributed by atoms with E-state index in [1.807, 2.05) is 0 Å². The summed E-state index contributed by atoms with van der Waals surface area (Å²) in [4.78, 5) is 0. The van der Waals surface area contributed by atoms with Crippen LogP contribution in [0.5, 0.6) is 5.75 Å². The summed E-state index contributed by atoms with van der Waals surface area (Å²) in [5.74, 6) is -2.83. The average molecular weight is 264 g/mol. The third kappa shape index (κ3) is 1.40. The smallest absolute Gasteiger partial charge is 0.200 e. The second-order valence-electron chi connectivity index (χ2n) is 3.21. The number of benzene rings is 1. The lowest BCUT2D eigenvalue weighted by Gasteiger charge is -2.29. The first-order chi connectivity index (χ1) is 6.61. The van der Waals surface area contributed by atoms with Gasteiger partial charge in [0.25, 0.3) is 0 Å². The van der Waals surface area contributed by atoms with E-state index in [0.29, 0.717) is 10.0 Å². The molecule has 76 valence electrons. The lowest BCUT2D eigenvalue weighted by atomic mass is 9.97. The molecule has 0 bridgehead atoms. The number of hydrogen-bond donors (Lipinski definition) is 2. The number of phenolic OH excluding ortho intramolecular Hbond substituents is 1. The van der Waals surface area contributed by atoms with Crippen LogP contribution in [0.1, 0.15) is 18.0 Å². The maximum atomic E-state index is 13.0. The van der Waals surface area contributed by atoms with E-state index < -0.39 is 17.4 Å². The Balaban J connectivity index is 2.52. The SMILES string of the molecule is Oc1c(F)c(F)cc(Br)c1C1CCN1. The van der Waals surface area contributed by atoms with Gasteiger partial charge in [0.05, 0.1) is 0 Å². The third-order valence-corrected chi connectivity index (χ3v) is 3.01. The van der Waals surface area contributed by atoms with Crippen LogP contribution in [-0.4, -0.2) is 11.7 Å². The summed E-state index contributed by atoms with van der Waals surface area (Å²) in [6.07, 6.45) is 0.817. The van der Waals surface area contributed by atoms with Gasteiger partial charge in [0.1, 0.15) is 0 Å². The topological polar surface area (TPSA) is 32.3 Å². The predicted octanol–water partition coefficient (Wildman–Crippen LogP) is 2.47. The molecule has 2 nitrogen and oxygen atoms in total. The summed E-state index contributed by atoms with van der Waals surface area (Å²) < 4.78 is 26.2. The van der Waals surface area contributed by atoms with Crippen molar-refractivity contribution >= 4 is 15.9 Å². The minimum Gasteiger partial charge on any atom is -0.504 e. The molecule has 1 saturated heterocycles. The number of aromatic hydroxyl groups is 1. The fourth-order valence-corrected chi connectivity index (χ4v) is 2.13. The molecule has 1 atom stereocenters. The zero-order valence-corrected chi connectivity index (χ0v) is 8.74. The Morgan fingerprint density at radius 2 is 2.14 bits per heavy atom. The molecule has 1 aromatic carbocycles. The molecule has 0 amide bonds. The van der Waals surface area contributed by atoms with E-state index >= 15 is 0 Å². The Hall–Kier alpha value is -0.680. The lowest BCUT2D eigenvalue weighted by molar-refractivity contribution is 0.346. The normalized spacial score (nSPS) is 20.6. The molecule has 5 heteroatoms. The van der Waals surface area contributed by atoms with Crippen molar-refractivity contribution in [3.05, 3.63) is 27.7 Å². The molecule has 2 rings (SSSR count). The summed E-state index contributed by atoms with van der Waals surface area (Å²) in [6.45, 7) is 0.829. The van der Waals surface area contributed by atoms with Crippen molar-refractivity contribution in [2.45, 2.75) is 12.5 Å². The molecule has 0 radical (unpaired) electrons. The Morgan fingerprint density at radius 3 is 2.64 bits per heavy atom. The highest BCUT2D eigenvalue weighted by molar-refractivity contribution is 9.10. The molecule has 1 heterocycles. The van der Waals surface area contributed by atoms with Crippen LogP contribution in [0.25, 0.3) is 0 Å².